The molecule has 3 aromatic rings. The Hall–Kier alpha value is -3.36. The largest absolute Gasteiger partial charge is 0.478 e. The van der Waals surface area contributed by atoms with Gasteiger partial charge in [0, 0.05) is 24.2 Å². The number of carboxylic acids is 1. The van der Waals surface area contributed by atoms with Crippen LogP contribution in [-0.4, -0.2) is 46.1 Å². The molecule has 3 rings (SSSR count). The number of aliphatic carboxylic acids is 1. The van der Waals surface area contributed by atoms with Crippen LogP contribution in [0.1, 0.15) is 42.0 Å². The normalized spacial score (nSPS) is 11.4. The summed E-state index contributed by atoms with van der Waals surface area (Å²) in [6, 6.07) is 11.1. The SMILES string of the molecule is Cc1cc(CNCC(=O)N(C)Cc2nc(-c3ccc(Cl)cc3)oc2C)cc(C)c1OC(C)(C)C(=O)O. The molecule has 2 aromatic carbocycles. The molecule has 192 valence electrons. The van der Waals surface area contributed by atoms with Crippen molar-refractivity contribution in [3.63, 3.8) is 0 Å². The van der Waals surface area contributed by atoms with Crippen LogP contribution in [0.4, 0.5) is 0 Å². The molecule has 36 heavy (non-hydrogen) atoms. The van der Waals surface area contributed by atoms with Gasteiger partial charge in [0.2, 0.25) is 11.8 Å². The first-order valence-corrected chi connectivity index (χ1v) is 11.9. The number of carbonyl (C=O) groups is 2. The van der Waals surface area contributed by atoms with Crippen LogP contribution in [0.15, 0.2) is 40.8 Å². The Morgan fingerprint density at radius 2 is 1.75 bits per heavy atom. The Bertz CT molecular complexity index is 1230. The first-order chi connectivity index (χ1) is 16.9. The molecule has 0 aliphatic rings. The Morgan fingerprint density at radius 3 is 2.33 bits per heavy atom. The first kappa shape index (κ1) is 27.2. The monoisotopic (exact) mass is 513 g/mol. The van der Waals surface area contributed by atoms with E-state index in [1.807, 2.05) is 45.0 Å². The number of nitrogens with one attached hydrogen (secondary N) is 1. The summed E-state index contributed by atoms with van der Waals surface area (Å²) in [6.07, 6.45) is 0. The zero-order chi connectivity index (χ0) is 26.6. The Labute approximate surface area is 216 Å². The van der Waals surface area contributed by atoms with E-state index in [0.717, 1.165) is 22.3 Å². The summed E-state index contributed by atoms with van der Waals surface area (Å²) < 4.78 is 11.5. The van der Waals surface area contributed by atoms with Crippen molar-refractivity contribution in [3.05, 3.63) is 69.6 Å². The van der Waals surface area contributed by atoms with Gasteiger partial charge in [-0.25, -0.2) is 9.78 Å². The van der Waals surface area contributed by atoms with E-state index in [-0.39, 0.29) is 12.5 Å². The average Bonchev–Trinajstić information content (AvgIpc) is 3.16. The van der Waals surface area contributed by atoms with Crippen LogP contribution >= 0.6 is 11.6 Å². The number of likely N-dealkylation sites (N-methyl/N-ethyl adjacent to an activating group) is 1. The maximum atomic E-state index is 12.7. The number of ether oxygens (including phenoxy) is 1. The Balaban J connectivity index is 1.56. The highest BCUT2D eigenvalue weighted by Gasteiger charge is 2.30. The fraction of sp³-hybridized carbons (Fsp3) is 0.370. The third-order valence-electron chi connectivity index (χ3n) is 5.79. The number of halogens is 1. The van der Waals surface area contributed by atoms with E-state index in [2.05, 4.69) is 10.3 Å². The van der Waals surface area contributed by atoms with Crippen LogP contribution in [0.5, 0.6) is 5.75 Å². The molecule has 1 heterocycles. The molecule has 0 saturated heterocycles. The standard InChI is InChI=1S/C27H32ClN3O5/c1-16-11-19(12-17(2)24(16)36-27(4,5)26(33)34)13-29-14-23(32)31(6)15-22-18(3)35-25(30-22)20-7-9-21(28)10-8-20/h7-12,29H,13-15H2,1-6H3,(H,33,34). The molecule has 9 heteroatoms. The van der Waals surface area contributed by atoms with Crippen molar-refractivity contribution in [3.8, 4) is 17.2 Å². The Kier molecular flexibility index (Phi) is 8.43. The summed E-state index contributed by atoms with van der Waals surface area (Å²) in [4.78, 5) is 30.2. The average molecular weight is 514 g/mol. The van der Waals surface area contributed by atoms with Gasteiger partial charge < -0.3 is 24.5 Å². The maximum Gasteiger partial charge on any atom is 0.347 e. The second-order valence-corrected chi connectivity index (χ2v) is 9.79. The van der Waals surface area contributed by atoms with Gasteiger partial charge in [0.1, 0.15) is 17.2 Å². The highest BCUT2D eigenvalue weighted by atomic mass is 35.5. The number of aryl methyl sites for hydroxylation is 3. The number of amides is 1. The van der Waals surface area contributed by atoms with Gasteiger partial charge in [-0.2, -0.15) is 0 Å². The number of benzene rings is 2. The molecule has 8 nitrogen and oxygen atoms in total. The summed E-state index contributed by atoms with van der Waals surface area (Å²) in [5, 5.41) is 13.2. The Morgan fingerprint density at radius 1 is 1.14 bits per heavy atom. The number of carboxylic acid groups (broad SMARTS) is 1. The van der Waals surface area contributed by atoms with Crippen molar-refractivity contribution in [1.29, 1.82) is 0 Å². The summed E-state index contributed by atoms with van der Waals surface area (Å²) in [7, 11) is 1.73. The molecule has 0 radical (unpaired) electrons. The van der Waals surface area contributed by atoms with E-state index in [1.54, 1.807) is 24.1 Å². The lowest BCUT2D eigenvalue weighted by atomic mass is 10.0. The van der Waals surface area contributed by atoms with Crippen LogP contribution in [0.3, 0.4) is 0 Å². The van der Waals surface area contributed by atoms with Gasteiger partial charge in [0.25, 0.3) is 0 Å². The zero-order valence-electron chi connectivity index (χ0n) is 21.4. The van der Waals surface area contributed by atoms with Crippen molar-refractivity contribution in [1.82, 2.24) is 15.2 Å². The molecule has 0 aliphatic carbocycles. The lowest BCUT2D eigenvalue weighted by molar-refractivity contribution is -0.152. The van der Waals surface area contributed by atoms with Crippen LogP contribution in [0.2, 0.25) is 5.02 Å². The molecule has 0 bridgehead atoms. The summed E-state index contributed by atoms with van der Waals surface area (Å²) in [5.74, 6) is 0.594. The van der Waals surface area contributed by atoms with Gasteiger partial charge in [0.15, 0.2) is 5.60 Å². The lowest BCUT2D eigenvalue weighted by Crippen LogP contribution is -2.38. The van der Waals surface area contributed by atoms with Gasteiger partial charge in [-0.15, -0.1) is 0 Å². The molecule has 0 atom stereocenters. The summed E-state index contributed by atoms with van der Waals surface area (Å²) in [5.41, 5.74) is 2.83. The second kappa shape index (κ2) is 11.1. The summed E-state index contributed by atoms with van der Waals surface area (Å²) >= 11 is 5.95. The predicted octanol–water partition coefficient (Wildman–Crippen LogP) is 4.91. The maximum absolute atomic E-state index is 12.7. The second-order valence-electron chi connectivity index (χ2n) is 9.36. The summed E-state index contributed by atoms with van der Waals surface area (Å²) in [6.45, 7) is 9.58. The minimum absolute atomic E-state index is 0.0814. The molecule has 0 spiro atoms. The fourth-order valence-corrected chi connectivity index (χ4v) is 3.78. The zero-order valence-corrected chi connectivity index (χ0v) is 22.2. The van der Waals surface area contributed by atoms with Gasteiger partial charge in [-0.3, -0.25) is 4.79 Å². The number of aromatic nitrogens is 1. The molecular formula is C27H32ClN3O5. The highest BCUT2D eigenvalue weighted by Crippen LogP contribution is 2.29. The molecule has 1 aromatic heterocycles. The van der Waals surface area contributed by atoms with Gasteiger partial charge in [-0.05, 0) is 75.6 Å². The highest BCUT2D eigenvalue weighted by molar-refractivity contribution is 6.30. The molecule has 2 N–H and O–H groups in total. The van der Waals surface area contributed by atoms with Crippen LogP contribution in [0, 0.1) is 20.8 Å². The van der Waals surface area contributed by atoms with Crippen molar-refractivity contribution in [2.24, 2.45) is 0 Å². The molecule has 0 saturated carbocycles. The lowest BCUT2D eigenvalue weighted by Gasteiger charge is -2.24. The van der Waals surface area contributed by atoms with Crippen molar-refractivity contribution >= 4 is 23.5 Å². The van der Waals surface area contributed by atoms with Gasteiger partial charge in [-0.1, -0.05) is 23.7 Å². The third-order valence-corrected chi connectivity index (χ3v) is 6.05. The van der Waals surface area contributed by atoms with Crippen molar-refractivity contribution in [2.45, 2.75) is 53.3 Å². The van der Waals surface area contributed by atoms with Crippen LogP contribution in [-0.2, 0) is 22.7 Å². The van der Waals surface area contributed by atoms with Crippen molar-refractivity contribution in [2.75, 3.05) is 13.6 Å². The number of rotatable bonds is 10. The molecular weight excluding hydrogens is 482 g/mol. The number of carbonyl (C=O) groups excluding carboxylic acids is 1. The van der Waals surface area contributed by atoms with Crippen LogP contribution in [0.25, 0.3) is 11.5 Å². The third kappa shape index (κ3) is 6.65. The van der Waals surface area contributed by atoms with E-state index >= 15 is 0 Å². The van der Waals surface area contributed by atoms with E-state index in [1.165, 1.54) is 13.8 Å². The topological polar surface area (TPSA) is 105 Å². The van der Waals surface area contributed by atoms with Gasteiger partial charge >= 0.3 is 5.97 Å². The fourth-order valence-electron chi connectivity index (χ4n) is 3.65. The minimum Gasteiger partial charge on any atom is -0.478 e. The number of hydrogen-bond donors (Lipinski definition) is 2. The smallest absolute Gasteiger partial charge is 0.347 e. The number of hydrogen-bond acceptors (Lipinski definition) is 6. The number of nitrogens with zero attached hydrogens (tertiary/aromatic N) is 2. The van der Waals surface area contributed by atoms with Crippen LogP contribution < -0.4 is 10.1 Å². The molecule has 0 aliphatic heterocycles. The molecule has 1 amide bonds. The van der Waals surface area contributed by atoms with E-state index in [4.69, 9.17) is 20.8 Å². The van der Waals surface area contributed by atoms with Crippen molar-refractivity contribution < 1.29 is 23.8 Å². The van der Waals surface area contributed by atoms with E-state index in [0.29, 0.717) is 41.2 Å². The van der Waals surface area contributed by atoms with Gasteiger partial charge in [0.05, 0.1) is 13.1 Å². The molecule has 0 unspecified atom stereocenters. The van der Waals surface area contributed by atoms with E-state index in [9.17, 15) is 14.7 Å². The number of oxazole rings is 1. The first-order valence-electron chi connectivity index (χ1n) is 11.6. The predicted molar refractivity (Wildman–Crippen MR) is 138 cm³/mol. The minimum atomic E-state index is -1.33. The molecule has 0 fully saturated rings. The van der Waals surface area contributed by atoms with E-state index < -0.39 is 11.6 Å². The quantitative estimate of drug-likeness (QED) is 0.397.